The lowest BCUT2D eigenvalue weighted by atomic mass is 10.1. The number of phenols is 1. The number of hydrogen-bond donors (Lipinski definition) is 1. The van der Waals surface area contributed by atoms with E-state index < -0.39 is 0 Å². The van der Waals surface area contributed by atoms with Crippen molar-refractivity contribution in [2.24, 2.45) is 5.10 Å². The Kier molecular flexibility index (Phi) is 4.51. The summed E-state index contributed by atoms with van der Waals surface area (Å²) in [6.45, 7) is 3.75. The lowest BCUT2D eigenvalue weighted by Crippen LogP contribution is -2.21. The topological polar surface area (TPSA) is 62.1 Å². The van der Waals surface area contributed by atoms with Gasteiger partial charge in [-0.1, -0.05) is 29.3 Å². The van der Waals surface area contributed by atoms with E-state index in [1.807, 2.05) is 31.2 Å². The second kappa shape index (κ2) is 6.61. The predicted molar refractivity (Wildman–Crippen MR) is 99.4 cm³/mol. The van der Waals surface area contributed by atoms with Crippen LogP contribution in [0, 0.1) is 6.92 Å². The van der Waals surface area contributed by atoms with Crippen LogP contribution in [0.2, 0.25) is 5.02 Å². The summed E-state index contributed by atoms with van der Waals surface area (Å²) in [5.74, 6) is -0.00444. The zero-order valence-corrected chi connectivity index (χ0v) is 14.8. The number of methoxy groups -OCH3 is 1. The first-order valence-corrected chi connectivity index (χ1v) is 8.03. The molecule has 0 bridgehead atoms. The predicted octanol–water partition coefficient (Wildman–Crippen LogP) is 4.17. The molecule has 0 fully saturated rings. The molecule has 0 radical (unpaired) electrons. The number of anilines is 1. The Bertz CT molecular complexity index is 902. The number of ether oxygens (including phenoxy) is 1. The maximum absolute atomic E-state index is 12.8. The summed E-state index contributed by atoms with van der Waals surface area (Å²) in [5.41, 5.74) is 3.41. The molecule has 0 aromatic heterocycles. The van der Waals surface area contributed by atoms with Crippen molar-refractivity contribution in [1.82, 2.24) is 0 Å². The minimum Gasteiger partial charge on any atom is -0.504 e. The zero-order chi connectivity index (χ0) is 18.1. The smallest absolute Gasteiger partial charge is 0.280 e. The minimum absolute atomic E-state index is 0.0564. The van der Waals surface area contributed by atoms with Gasteiger partial charge in [-0.05, 0) is 43.7 Å². The zero-order valence-electron chi connectivity index (χ0n) is 14.1. The summed E-state index contributed by atoms with van der Waals surface area (Å²) < 4.78 is 5.10. The number of aromatic hydroxyl groups is 1. The number of hydrogen-bond acceptors (Lipinski definition) is 4. The van der Waals surface area contributed by atoms with Crippen molar-refractivity contribution < 1.29 is 14.6 Å². The molecule has 2 aromatic carbocycles. The lowest BCUT2D eigenvalue weighted by Gasteiger charge is -2.12. The molecule has 0 saturated heterocycles. The van der Waals surface area contributed by atoms with Crippen molar-refractivity contribution in [2.75, 3.05) is 12.1 Å². The first kappa shape index (κ1) is 17.0. The van der Waals surface area contributed by atoms with Gasteiger partial charge in [-0.25, -0.2) is 0 Å². The number of phenolic OH excluding ortho intramolecular Hbond substituents is 1. The summed E-state index contributed by atoms with van der Waals surface area (Å²) in [4.78, 5) is 12.8. The Morgan fingerprint density at radius 3 is 2.52 bits per heavy atom. The van der Waals surface area contributed by atoms with Gasteiger partial charge in [0.25, 0.3) is 5.91 Å². The molecule has 128 valence electrons. The van der Waals surface area contributed by atoms with Crippen LogP contribution in [-0.2, 0) is 4.79 Å². The molecule has 1 amide bonds. The van der Waals surface area contributed by atoms with Crippen LogP contribution in [0.1, 0.15) is 18.1 Å². The number of aryl methyl sites for hydroxylation is 1. The number of hydrazone groups is 1. The van der Waals surface area contributed by atoms with Gasteiger partial charge >= 0.3 is 0 Å². The van der Waals surface area contributed by atoms with Crippen LogP contribution in [0.3, 0.4) is 0 Å². The third kappa shape index (κ3) is 3.23. The van der Waals surface area contributed by atoms with Crippen LogP contribution in [0.25, 0.3) is 6.08 Å². The SMILES string of the molecule is COc1cc(/C=C2/C(=O)N(c3ccc(C)cc3)N=C2C)c(Cl)cc1O. The Morgan fingerprint density at radius 2 is 1.88 bits per heavy atom. The second-order valence-electron chi connectivity index (χ2n) is 5.74. The molecule has 0 unspecified atom stereocenters. The molecule has 1 aliphatic rings. The Hall–Kier alpha value is -2.79. The molecule has 6 heteroatoms. The van der Waals surface area contributed by atoms with Gasteiger partial charge in [-0.2, -0.15) is 10.1 Å². The summed E-state index contributed by atoms with van der Waals surface area (Å²) in [5, 5.41) is 15.8. The van der Waals surface area contributed by atoms with E-state index in [9.17, 15) is 9.90 Å². The fourth-order valence-corrected chi connectivity index (χ4v) is 2.75. The van der Waals surface area contributed by atoms with E-state index in [-0.39, 0.29) is 17.4 Å². The van der Waals surface area contributed by atoms with Crippen LogP contribution in [0.5, 0.6) is 11.5 Å². The van der Waals surface area contributed by atoms with E-state index in [1.54, 1.807) is 19.1 Å². The standard InChI is InChI=1S/C19H17ClN2O3/c1-11-4-6-14(7-5-11)22-19(24)15(12(2)21-22)8-13-9-18(25-3)17(23)10-16(13)20/h4-10,23H,1-3H3/b15-8+. The quantitative estimate of drug-likeness (QED) is 0.839. The van der Waals surface area contributed by atoms with Gasteiger partial charge in [0, 0.05) is 6.07 Å². The van der Waals surface area contributed by atoms with Crippen LogP contribution in [0.15, 0.2) is 47.1 Å². The van der Waals surface area contributed by atoms with Crippen LogP contribution in [0.4, 0.5) is 5.69 Å². The number of nitrogens with zero attached hydrogens (tertiary/aromatic N) is 2. The van der Waals surface area contributed by atoms with Gasteiger partial charge in [-0.3, -0.25) is 4.79 Å². The first-order chi connectivity index (χ1) is 11.9. The molecule has 0 spiro atoms. The number of carbonyl (C=O) groups excluding carboxylic acids is 1. The Labute approximate surface area is 150 Å². The van der Waals surface area contributed by atoms with Crippen molar-refractivity contribution in [3.8, 4) is 11.5 Å². The van der Waals surface area contributed by atoms with Gasteiger partial charge in [0.15, 0.2) is 11.5 Å². The monoisotopic (exact) mass is 356 g/mol. The fraction of sp³-hybridized carbons (Fsp3) is 0.158. The maximum atomic E-state index is 12.8. The molecular formula is C19H17ClN2O3. The lowest BCUT2D eigenvalue weighted by molar-refractivity contribution is -0.114. The molecule has 1 aliphatic heterocycles. The largest absolute Gasteiger partial charge is 0.504 e. The summed E-state index contributed by atoms with van der Waals surface area (Å²) in [7, 11) is 1.45. The van der Waals surface area contributed by atoms with Crippen molar-refractivity contribution in [1.29, 1.82) is 0 Å². The van der Waals surface area contributed by atoms with Gasteiger partial charge in [0.05, 0.1) is 29.1 Å². The molecule has 5 nitrogen and oxygen atoms in total. The highest BCUT2D eigenvalue weighted by Crippen LogP contribution is 2.34. The molecule has 0 aliphatic carbocycles. The average Bonchev–Trinajstić information content (AvgIpc) is 2.86. The van der Waals surface area contributed by atoms with Gasteiger partial charge in [-0.15, -0.1) is 0 Å². The van der Waals surface area contributed by atoms with Crippen molar-refractivity contribution in [2.45, 2.75) is 13.8 Å². The first-order valence-electron chi connectivity index (χ1n) is 7.65. The van der Waals surface area contributed by atoms with Crippen LogP contribution in [-0.4, -0.2) is 23.8 Å². The highest BCUT2D eigenvalue weighted by molar-refractivity contribution is 6.35. The van der Waals surface area contributed by atoms with E-state index in [2.05, 4.69) is 5.10 Å². The number of carbonyl (C=O) groups is 1. The molecular weight excluding hydrogens is 340 g/mol. The maximum Gasteiger partial charge on any atom is 0.280 e. The molecule has 0 saturated carbocycles. The number of benzene rings is 2. The minimum atomic E-state index is -0.232. The number of halogens is 1. The molecule has 0 atom stereocenters. The summed E-state index contributed by atoms with van der Waals surface area (Å²) >= 11 is 6.18. The van der Waals surface area contributed by atoms with Gasteiger partial charge in [0.2, 0.25) is 0 Å². The molecule has 1 N–H and O–H groups in total. The summed E-state index contributed by atoms with van der Waals surface area (Å²) in [6.07, 6.45) is 1.65. The number of amides is 1. The van der Waals surface area contributed by atoms with Crippen molar-refractivity contribution in [3.63, 3.8) is 0 Å². The second-order valence-corrected chi connectivity index (χ2v) is 6.15. The third-order valence-electron chi connectivity index (χ3n) is 3.94. The van der Waals surface area contributed by atoms with E-state index in [0.717, 1.165) is 5.56 Å². The third-order valence-corrected chi connectivity index (χ3v) is 4.27. The molecule has 25 heavy (non-hydrogen) atoms. The van der Waals surface area contributed by atoms with Crippen molar-refractivity contribution in [3.05, 3.63) is 58.1 Å². The highest BCUT2D eigenvalue weighted by atomic mass is 35.5. The van der Waals surface area contributed by atoms with Gasteiger partial charge < -0.3 is 9.84 Å². The molecule has 1 heterocycles. The average molecular weight is 357 g/mol. The van der Waals surface area contributed by atoms with E-state index >= 15 is 0 Å². The van der Waals surface area contributed by atoms with Crippen LogP contribution < -0.4 is 9.75 Å². The fourth-order valence-electron chi connectivity index (χ4n) is 2.53. The highest BCUT2D eigenvalue weighted by Gasteiger charge is 2.29. The number of rotatable bonds is 3. The van der Waals surface area contributed by atoms with E-state index in [4.69, 9.17) is 16.3 Å². The van der Waals surface area contributed by atoms with Crippen molar-refractivity contribution >= 4 is 35.0 Å². The Morgan fingerprint density at radius 1 is 1.20 bits per heavy atom. The molecule has 3 rings (SSSR count). The summed E-state index contributed by atoms with van der Waals surface area (Å²) in [6, 6.07) is 10.5. The van der Waals surface area contributed by atoms with E-state index in [1.165, 1.54) is 18.2 Å². The molecule has 2 aromatic rings. The van der Waals surface area contributed by atoms with Crippen LogP contribution >= 0.6 is 11.6 Å². The Balaban J connectivity index is 1.99. The van der Waals surface area contributed by atoms with Gasteiger partial charge in [0.1, 0.15) is 0 Å². The van der Waals surface area contributed by atoms with E-state index in [0.29, 0.717) is 27.6 Å². The normalized spacial score (nSPS) is 15.7.